The Morgan fingerprint density at radius 1 is 1.03 bits per heavy atom. The van der Waals surface area contributed by atoms with Crippen LogP contribution in [0.15, 0.2) is 36.9 Å². The molecule has 0 radical (unpaired) electrons. The van der Waals surface area contributed by atoms with Crippen molar-refractivity contribution in [2.45, 2.75) is 57.0 Å². The van der Waals surface area contributed by atoms with Gasteiger partial charge in [-0.2, -0.15) is 0 Å². The molecule has 0 amide bonds. The van der Waals surface area contributed by atoms with Crippen molar-refractivity contribution in [2.75, 3.05) is 13.2 Å². The predicted molar refractivity (Wildman–Crippen MR) is 112 cm³/mol. The van der Waals surface area contributed by atoms with Gasteiger partial charge < -0.3 is 9.47 Å². The van der Waals surface area contributed by atoms with Gasteiger partial charge in [-0.25, -0.2) is 17.6 Å². The Kier molecular flexibility index (Phi) is 6.37. The summed E-state index contributed by atoms with van der Waals surface area (Å²) >= 11 is 0. The van der Waals surface area contributed by atoms with Crippen LogP contribution in [-0.4, -0.2) is 19.3 Å². The number of ether oxygens (including phenoxy) is 2. The Bertz CT molecular complexity index is 966. The lowest BCUT2D eigenvalue weighted by atomic mass is 9.79. The Balaban J connectivity index is 1.68. The van der Waals surface area contributed by atoms with E-state index < -0.39 is 29.5 Å². The summed E-state index contributed by atoms with van der Waals surface area (Å²) in [6.45, 7) is 5.90. The van der Waals surface area contributed by atoms with E-state index in [4.69, 9.17) is 9.47 Å². The summed E-state index contributed by atoms with van der Waals surface area (Å²) < 4.78 is 71.4. The van der Waals surface area contributed by atoms with Gasteiger partial charge in [0.25, 0.3) is 0 Å². The van der Waals surface area contributed by atoms with Crippen molar-refractivity contribution >= 4 is 0 Å². The van der Waals surface area contributed by atoms with E-state index in [0.717, 1.165) is 19.3 Å². The molecule has 2 aromatic rings. The molecule has 0 bridgehead atoms. The van der Waals surface area contributed by atoms with Crippen molar-refractivity contribution in [2.24, 2.45) is 0 Å². The molecule has 0 saturated carbocycles. The lowest BCUT2D eigenvalue weighted by molar-refractivity contribution is -0.000878. The summed E-state index contributed by atoms with van der Waals surface area (Å²) in [5, 5.41) is 0. The highest BCUT2D eigenvalue weighted by atomic mass is 19.2. The number of allylic oxidation sites excluding steroid dienone is 1. The topological polar surface area (TPSA) is 18.5 Å². The molecule has 2 aromatic carbocycles. The normalized spacial score (nSPS) is 24.9. The Hall–Kier alpha value is -2.34. The summed E-state index contributed by atoms with van der Waals surface area (Å²) in [4.78, 5) is 0. The maximum absolute atomic E-state index is 15.5. The van der Waals surface area contributed by atoms with Gasteiger partial charge in [0.15, 0.2) is 23.9 Å². The first-order valence-electron chi connectivity index (χ1n) is 10.8. The second kappa shape index (κ2) is 9.03. The van der Waals surface area contributed by atoms with Crippen molar-refractivity contribution in [3.05, 3.63) is 65.2 Å². The zero-order valence-corrected chi connectivity index (χ0v) is 17.5. The van der Waals surface area contributed by atoms with E-state index in [-0.39, 0.29) is 41.1 Å². The first-order valence-corrected chi connectivity index (χ1v) is 10.8. The van der Waals surface area contributed by atoms with Gasteiger partial charge in [-0.15, -0.1) is 6.58 Å². The minimum Gasteiger partial charge on any atom is -0.491 e. The Morgan fingerprint density at radius 2 is 1.71 bits per heavy atom. The van der Waals surface area contributed by atoms with Gasteiger partial charge >= 0.3 is 0 Å². The summed E-state index contributed by atoms with van der Waals surface area (Å²) in [6.07, 6.45) is 0.539. The number of fused-ring (bicyclic) bond motifs is 3. The molecule has 1 heterocycles. The molecule has 2 nitrogen and oxygen atoms in total. The number of hydrogen-bond donors (Lipinski definition) is 0. The highest BCUT2D eigenvalue weighted by Crippen LogP contribution is 2.52. The molecular weight excluding hydrogens is 408 g/mol. The van der Waals surface area contributed by atoms with E-state index >= 15 is 8.78 Å². The lowest BCUT2D eigenvalue weighted by Crippen LogP contribution is -2.26. The predicted octanol–water partition coefficient (Wildman–Crippen LogP) is 7.29. The van der Waals surface area contributed by atoms with Gasteiger partial charge in [0.1, 0.15) is 5.82 Å². The molecule has 0 aromatic heterocycles. The average molecular weight is 434 g/mol. The Morgan fingerprint density at radius 3 is 2.32 bits per heavy atom. The third kappa shape index (κ3) is 3.86. The highest BCUT2D eigenvalue weighted by Gasteiger charge is 2.40. The van der Waals surface area contributed by atoms with Crippen LogP contribution in [0, 0.1) is 11.6 Å². The molecule has 31 heavy (non-hydrogen) atoms. The van der Waals surface area contributed by atoms with Gasteiger partial charge in [-0.05, 0) is 55.4 Å². The van der Waals surface area contributed by atoms with Crippen LogP contribution >= 0.6 is 0 Å². The second-order valence-electron chi connectivity index (χ2n) is 8.10. The maximum Gasteiger partial charge on any atom is 0.171 e. The fraction of sp³-hybridized carbons (Fsp3) is 0.440. The van der Waals surface area contributed by atoms with Crippen LogP contribution in [0.2, 0.25) is 0 Å². The maximum atomic E-state index is 15.5. The average Bonchev–Trinajstić information content (AvgIpc) is 2.78. The summed E-state index contributed by atoms with van der Waals surface area (Å²) in [5.41, 5.74) is -0.0861. The van der Waals surface area contributed by atoms with Gasteiger partial charge in [0, 0.05) is 17.0 Å². The van der Waals surface area contributed by atoms with Gasteiger partial charge in [-0.3, -0.25) is 0 Å². The second-order valence-corrected chi connectivity index (χ2v) is 8.10. The largest absolute Gasteiger partial charge is 0.491 e. The lowest BCUT2D eigenvalue weighted by Gasteiger charge is -2.32. The molecule has 1 aliphatic carbocycles. The van der Waals surface area contributed by atoms with Gasteiger partial charge in [0.2, 0.25) is 0 Å². The molecule has 4 atom stereocenters. The molecule has 0 N–H and O–H groups in total. The zero-order chi connectivity index (χ0) is 22.1. The zero-order valence-electron chi connectivity index (χ0n) is 17.5. The molecule has 4 unspecified atom stereocenters. The Labute approximate surface area is 179 Å². The van der Waals surface area contributed by atoms with Crippen molar-refractivity contribution in [3.63, 3.8) is 0 Å². The quantitative estimate of drug-likeness (QED) is 0.351. The van der Waals surface area contributed by atoms with Crippen LogP contribution in [0.3, 0.4) is 0 Å². The first kappa shape index (κ1) is 21.9. The van der Waals surface area contributed by atoms with E-state index in [0.29, 0.717) is 18.6 Å². The van der Waals surface area contributed by atoms with Crippen LogP contribution < -0.4 is 4.74 Å². The fourth-order valence-electron chi connectivity index (χ4n) is 4.65. The molecule has 1 aliphatic heterocycles. The monoisotopic (exact) mass is 434 g/mol. The number of halogens is 4. The third-order valence-electron chi connectivity index (χ3n) is 6.26. The molecule has 4 rings (SSSR count). The summed E-state index contributed by atoms with van der Waals surface area (Å²) in [5.74, 6) is -2.06. The number of hydrogen-bond acceptors (Lipinski definition) is 2. The minimum atomic E-state index is -2.31. The number of benzene rings is 2. The summed E-state index contributed by atoms with van der Waals surface area (Å²) in [6, 6.07) is 5.99. The number of rotatable bonds is 6. The molecule has 166 valence electrons. The summed E-state index contributed by atoms with van der Waals surface area (Å²) in [7, 11) is 0. The van der Waals surface area contributed by atoms with Gasteiger partial charge in [0.05, 0.1) is 19.3 Å². The van der Waals surface area contributed by atoms with Crippen molar-refractivity contribution < 1.29 is 27.0 Å². The van der Waals surface area contributed by atoms with E-state index in [1.165, 1.54) is 12.1 Å². The SMILES string of the molecule is C=CCCC1CCC(c2ccc3c(c2F)C(F)C(F)c2c-3ccc(OCC)c2F)CO1. The van der Waals surface area contributed by atoms with Crippen LogP contribution in [0.1, 0.15) is 67.6 Å². The molecule has 6 heteroatoms. The standard InChI is InChI=1S/C25H26F4O2/c1-3-5-6-15-8-7-14(13-31-15)16-9-10-17-18-11-12-19(30-4-2)23(27)21(18)25(29)24(28)20(17)22(16)26/h3,9-12,14-15,24-25H,1,4-8,13H2,2H3. The third-order valence-corrected chi connectivity index (χ3v) is 6.26. The van der Waals surface area contributed by atoms with Crippen LogP contribution in [-0.2, 0) is 4.74 Å². The van der Waals surface area contributed by atoms with Crippen molar-refractivity contribution in [3.8, 4) is 16.9 Å². The van der Waals surface area contributed by atoms with E-state index in [2.05, 4.69) is 6.58 Å². The molecule has 2 aliphatic rings. The van der Waals surface area contributed by atoms with E-state index in [1.54, 1.807) is 19.1 Å². The van der Waals surface area contributed by atoms with Crippen LogP contribution in [0.4, 0.5) is 17.6 Å². The smallest absolute Gasteiger partial charge is 0.171 e. The minimum absolute atomic E-state index is 0.105. The first-order chi connectivity index (χ1) is 15.0. The molecule has 1 saturated heterocycles. The molecule has 0 spiro atoms. The number of alkyl halides is 2. The molecule has 1 fully saturated rings. The van der Waals surface area contributed by atoms with Gasteiger partial charge in [-0.1, -0.05) is 24.3 Å². The van der Waals surface area contributed by atoms with Crippen LogP contribution in [0.25, 0.3) is 11.1 Å². The van der Waals surface area contributed by atoms with Crippen LogP contribution in [0.5, 0.6) is 5.75 Å². The van der Waals surface area contributed by atoms with E-state index in [9.17, 15) is 8.78 Å². The highest BCUT2D eigenvalue weighted by molar-refractivity contribution is 5.76. The van der Waals surface area contributed by atoms with Crippen molar-refractivity contribution in [1.82, 2.24) is 0 Å². The van der Waals surface area contributed by atoms with Crippen molar-refractivity contribution in [1.29, 1.82) is 0 Å². The molecular formula is C25H26F4O2. The van der Waals surface area contributed by atoms with E-state index in [1.807, 2.05) is 6.08 Å². The fourth-order valence-corrected chi connectivity index (χ4v) is 4.65.